The molecule has 4 aromatic rings. The van der Waals surface area contributed by atoms with Crippen molar-refractivity contribution in [3.05, 3.63) is 78.6 Å². The summed E-state index contributed by atoms with van der Waals surface area (Å²) < 4.78 is 91.1. The van der Waals surface area contributed by atoms with Crippen molar-refractivity contribution in [3.8, 4) is 34.3 Å². The van der Waals surface area contributed by atoms with Crippen LogP contribution in [0.1, 0.15) is 5.56 Å². The lowest BCUT2D eigenvalue weighted by Gasteiger charge is -2.21. The van der Waals surface area contributed by atoms with Gasteiger partial charge in [-0.1, -0.05) is 17.8 Å². The Balaban J connectivity index is 1.17. The van der Waals surface area contributed by atoms with Crippen LogP contribution in [-0.2, 0) is 4.79 Å². The fourth-order valence-electron chi connectivity index (χ4n) is 4.09. The van der Waals surface area contributed by atoms with E-state index in [1.807, 2.05) is 0 Å². The number of alkyl halides is 6. The van der Waals surface area contributed by atoms with Crippen molar-refractivity contribution in [2.24, 2.45) is 4.99 Å². The number of benzene rings is 3. The van der Waals surface area contributed by atoms with Gasteiger partial charge in [0.1, 0.15) is 23.6 Å². The summed E-state index contributed by atoms with van der Waals surface area (Å²) in [5.41, 5.74) is 1.72. The molecule has 1 aliphatic heterocycles. The maximum Gasteiger partial charge on any atom is 0.573 e. The van der Waals surface area contributed by atoms with Gasteiger partial charge in [-0.2, -0.15) is 18.2 Å². The lowest BCUT2D eigenvalue weighted by Crippen LogP contribution is -2.33. The van der Waals surface area contributed by atoms with Gasteiger partial charge in [0.25, 0.3) is 0 Å². The third-order valence-corrected chi connectivity index (χ3v) is 7.03. The number of aryl methyl sites for hydroxylation is 1. The average Bonchev–Trinajstić information content (AvgIpc) is 3.63. The van der Waals surface area contributed by atoms with E-state index < -0.39 is 31.1 Å². The monoisotopic (exact) mass is 680 g/mol. The van der Waals surface area contributed by atoms with Gasteiger partial charge >= 0.3 is 18.6 Å². The highest BCUT2D eigenvalue weighted by Gasteiger charge is 2.34. The van der Waals surface area contributed by atoms with E-state index in [1.165, 1.54) is 41.3 Å². The number of nitrogens with one attached hydrogen (secondary N) is 1. The first-order valence-electron chi connectivity index (χ1n) is 13.4. The van der Waals surface area contributed by atoms with Crippen LogP contribution in [0, 0.1) is 6.92 Å². The first-order chi connectivity index (χ1) is 22.2. The summed E-state index contributed by atoms with van der Waals surface area (Å²) in [6, 6.07) is 15.0. The number of amides is 3. The third-order valence-electron chi connectivity index (χ3n) is 6.11. The summed E-state index contributed by atoms with van der Waals surface area (Å²) in [4.78, 5) is 34.3. The molecule has 1 aromatic heterocycles. The van der Waals surface area contributed by atoms with Crippen molar-refractivity contribution in [1.29, 1.82) is 0 Å². The summed E-state index contributed by atoms with van der Waals surface area (Å²) in [5, 5.41) is 6.70. The molecular formula is C29H22F6N6O5S. The molecule has 2 heterocycles. The third kappa shape index (κ3) is 8.93. The number of carbonyl (C=O) groups is 2. The number of nitrogens with zero attached hydrogens (tertiary/aromatic N) is 5. The summed E-state index contributed by atoms with van der Waals surface area (Å²) >= 11 is 0.939. The second-order valence-corrected chi connectivity index (χ2v) is 10.6. The number of hydrogen-bond donors (Lipinski definition) is 1. The minimum absolute atomic E-state index is 0.0277. The molecule has 1 fully saturated rings. The molecule has 1 N–H and O–H groups in total. The molecule has 0 atom stereocenters. The standard InChI is InChI=1S/C29H22F6N6O5S/c1-17-2-11-23(44-14-28(30,31)32)22(12-17)41-24(42)13-47-27(41)38-26(43)37-16-45-20-7-3-18(4-8-20)25-36-15-40(39-25)19-5-9-21(10-6-19)46-29(33,34)35/h2-12,15H,13-14,16H2,1H3,(H,37,43). The number of amidine groups is 1. The van der Waals surface area contributed by atoms with Crippen LogP contribution in [0.15, 0.2) is 78.0 Å². The maximum absolute atomic E-state index is 12.8. The first kappa shape index (κ1) is 33.1. The molecule has 1 aliphatic rings. The molecule has 47 heavy (non-hydrogen) atoms. The van der Waals surface area contributed by atoms with E-state index >= 15 is 0 Å². The van der Waals surface area contributed by atoms with Crippen molar-refractivity contribution >= 4 is 34.6 Å². The van der Waals surface area contributed by atoms with Crippen LogP contribution in [-0.4, -0.2) is 63.5 Å². The van der Waals surface area contributed by atoms with Gasteiger partial charge in [-0.3, -0.25) is 9.69 Å². The van der Waals surface area contributed by atoms with Crippen LogP contribution in [0.5, 0.6) is 17.2 Å². The summed E-state index contributed by atoms with van der Waals surface area (Å²) in [5.74, 6) is -0.459. The number of urea groups is 1. The summed E-state index contributed by atoms with van der Waals surface area (Å²) in [6.45, 7) is -0.187. The van der Waals surface area contributed by atoms with Crippen molar-refractivity contribution in [1.82, 2.24) is 20.1 Å². The average molecular weight is 681 g/mol. The van der Waals surface area contributed by atoms with Gasteiger partial charge in [-0.15, -0.1) is 18.3 Å². The van der Waals surface area contributed by atoms with Gasteiger partial charge in [-0.05, 0) is 73.2 Å². The normalized spacial score (nSPS) is 14.4. The van der Waals surface area contributed by atoms with Gasteiger partial charge in [0.2, 0.25) is 5.91 Å². The topological polar surface area (TPSA) is 120 Å². The summed E-state index contributed by atoms with van der Waals surface area (Å²) in [7, 11) is 0. The highest BCUT2D eigenvalue weighted by Crippen LogP contribution is 2.36. The van der Waals surface area contributed by atoms with Gasteiger partial charge in [0.15, 0.2) is 24.3 Å². The molecule has 18 heteroatoms. The molecule has 0 radical (unpaired) electrons. The first-order valence-corrected chi connectivity index (χ1v) is 14.4. The highest BCUT2D eigenvalue weighted by atomic mass is 32.2. The van der Waals surface area contributed by atoms with Gasteiger partial charge in [0.05, 0.1) is 17.1 Å². The van der Waals surface area contributed by atoms with E-state index in [0.717, 1.165) is 28.8 Å². The van der Waals surface area contributed by atoms with Gasteiger partial charge < -0.3 is 19.5 Å². The Labute approximate surface area is 266 Å². The van der Waals surface area contributed by atoms with E-state index in [2.05, 4.69) is 25.1 Å². The lowest BCUT2D eigenvalue weighted by molar-refractivity contribution is -0.274. The fraction of sp³-hybridized carbons (Fsp3) is 0.207. The van der Waals surface area contributed by atoms with Crippen molar-refractivity contribution < 1.29 is 50.1 Å². The van der Waals surface area contributed by atoms with Crippen LogP contribution >= 0.6 is 11.8 Å². The molecule has 0 aliphatic carbocycles. The Morgan fingerprint density at radius 2 is 1.68 bits per heavy atom. The lowest BCUT2D eigenvalue weighted by atomic mass is 10.2. The number of thioether (sulfide) groups is 1. The van der Waals surface area contributed by atoms with E-state index in [9.17, 15) is 35.9 Å². The van der Waals surface area contributed by atoms with Crippen LogP contribution in [0.2, 0.25) is 0 Å². The molecule has 0 saturated carbocycles. The highest BCUT2D eigenvalue weighted by molar-refractivity contribution is 8.15. The van der Waals surface area contributed by atoms with Gasteiger partial charge in [0, 0.05) is 5.56 Å². The number of hydrogen-bond acceptors (Lipinski definition) is 8. The number of halogens is 6. The SMILES string of the molecule is Cc1ccc(OCC(F)(F)F)c(N2C(=O)CSC2=NC(=O)NCOc2ccc(-c3ncn(-c4ccc(OC(F)(F)F)cc4)n3)cc2)c1. The Kier molecular flexibility index (Phi) is 9.59. The molecule has 11 nitrogen and oxygen atoms in total. The summed E-state index contributed by atoms with van der Waals surface area (Å²) in [6.07, 6.45) is -8.01. The van der Waals surface area contributed by atoms with Crippen molar-refractivity contribution in [2.75, 3.05) is 24.0 Å². The molecule has 0 bridgehead atoms. The molecule has 3 amide bonds. The Hall–Kier alpha value is -5.26. The zero-order chi connectivity index (χ0) is 33.8. The van der Waals surface area contributed by atoms with Crippen LogP contribution in [0.25, 0.3) is 17.1 Å². The number of rotatable bonds is 9. The van der Waals surface area contributed by atoms with E-state index in [-0.39, 0.29) is 34.8 Å². The predicted octanol–water partition coefficient (Wildman–Crippen LogP) is 6.26. The minimum Gasteiger partial charge on any atom is -0.482 e. The predicted molar refractivity (Wildman–Crippen MR) is 158 cm³/mol. The molecular weight excluding hydrogens is 658 g/mol. The van der Waals surface area contributed by atoms with Gasteiger partial charge in [-0.25, -0.2) is 14.5 Å². The molecule has 1 saturated heterocycles. The maximum atomic E-state index is 12.8. The largest absolute Gasteiger partial charge is 0.573 e. The molecule has 5 rings (SSSR count). The van der Waals surface area contributed by atoms with Crippen molar-refractivity contribution in [2.45, 2.75) is 19.5 Å². The molecule has 246 valence electrons. The molecule has 0 unspecified atom stereocenters. The fourth-order valence-corrected chi connectivity index (χ4v) is 4.95. The van der Waals surface area contributed by atoms with Crippen LogP contribution in [0.4, 0.5) is 36.8 Å². The molecule has 3 aromatic carbocycles. The Bertz CT molecular complexity index is 1780. The quantitative estimate of drug-likeness (QED) is 0.163. The zero-order valence-electron chi connectivity index (χ0n) is 24.0. The second-order valence-electron chi connectivity index (χ2n) is 9.64. The Morgan fingerprint density at radius 3 is 2.36 bits per heavy atom. The van der Waals surface area contributed by atoms with E-state index in [1.54, 1.807) is 31.2 Å². The van der Waals surface area contributed by atoms with Crippen LogP contribution < -0.4 is 24.4 Å². The second kappa shape index (κ2) is 13.6. The smallest absolute Gasteiger partial charge is 0.482 e. The number of anilines is 1. The number of aromatic nitrogens is 3. The minimum atomic E-state index is -4.80. The number of ether oxygens (including phenoxy) is 3. The Morgan fingerprint density at radius 1 is 0.979 bits per heavy atom. The zero-order valence-corrected chi connectivity index (χ0v) is 24.8. The molecule has 0 spiro atoms. The number of aliphatic imine (C=N–C) groups is 1. The number of carbonyl (C=O) groups excluding carboxylic acids is 2. The van der Waals surface area contributed by atoms with Crippen LogP contribution in [0.3, 0.4) is 0 Å². The van der Waals surface area contributed by atoms with E-state index in [4.69, 9.17) is 9.47 Å². The van der Waals surface area contributed by atoms with Crippen molar-refractivity contribution in [3.63, 3.8) is 0 Å². The van der Waals surface area contributed by atoms with E-state index in [0.29, 0.717) is 28.4 Å².